The first kappa shape index (κ1) is 13.7. The van der Waals surface area contributed by atoms with E-state index < -0.39 is 24.0 Å². The molecule has 0 saturated carbocycles. The van der Waals surface area contributed by atoms with Crippen molar-refractivity contribution in [2.75, 3.05) is 11.4 Å². The van der Waals surface area contributed by atoms with E-state index in [2.05, 4.69) is 0 Å². The van der Waals surface area contributed by atoms with E-state index in [4.69, 9.17) is 5.73 Å². The average molecular weight is 272 g/mol. The van der Waals surface area contributed by atoms with Crippen LogP contribution in [0.25, 0.3) is 0 Å². The Balaban J connectivity index is 2.38. The van der Waals surface area contributed by atoms with Crippen LogP contribution in [0.2, 0.25) is 0 Å². The van der Waals surface area contributed by atoms with Crippen LogP contribution in [0.5, 0.6) is 0 Å². The highest BCUT2D eigenvalue weighted by Gasteiger charge is 2.51. The summed E-state index contributed by atoms with van der Waals surface area (Å²) < 4.78 is 39.7. The van der Waals surface area contributed by atoms with Crippen LogP contribution in [0.4, 0.5) is 18.9 Å². The van der Waals surface area contributed by atoms with Gasteiger partial charge in [0.05, 0.1) is 5.92 Å². The quantitative estimate of drug-likeness (QED) is 0.898. The van der Waals surface area contributed by atoms with Gasteiger partial charge in [-0.2, -0.15) is 13.2 Å². The maximum absolute atomic E-state index is 13.2. The van der Waals surface area contributed by atoms with Gasteiger partial charge in [0, 0.05) is 12.2 Å². The van der Waals surface area contributed by atoms with E-state index in [0.29, 0.717) is 12.1 Å². The summed E-state index contributed by atoms with van der Waals surface area (Å²) in [4.78, 5) is 12.5. The third-order valence-corrected chi connectivity index (χ3v) is 3.42. The largest absolute Gasteiger partial charge is 0.409 e. The number of alkyl halides is 3. The van der Waals surface area contributed by atoms with Crippen LogP contribution in [0.1, 0.15) is 12.8 Å². The molecule has 0 aromatic heterocycles. The van der Waals surface area contributed by atoms with Gasteiger partial charge in [-0.15, -0.1) is 0 Å². The lowest BCUT2D eigenvalue weighted by atomic mass is 9.87. The molecule has 2 unspecified atom stereocenters. The summed E-state index contributed by atoms with van der Waals surface area (Å²) in [5.74, 6) is -2.07. The molecule has 104 valence electrons. The van der Waals surface area contributed by atoms with Crippen molar-refractivity contribution in [1.29, 1.82) is 0 Å². The molecule has 1 heterocycles. The summed E-state index contributed by atoms with van der Waals surface area (Å²) in [6.07, 6.45) is -3.77. The highest BCUT2D eigenvalue weighted by Crippen LogP contribution is 2.38. The number of piperidine rings is 1. The van der Waals surface area contributed by atoms with Crippen molar-refractivity contribution in [1.82, 2.24) is 0 Å². The molecule has 2 rings (SSSR count). The molecule has 1 fully saturated rings. The number of benzene rings is 1. The van der Waals surface area contributed by atoms with Crippen molar-refractivity contribution in [3.63, 3.8) is 0 Å². The lowest BCUT2D eigenvalue weighted by Crippen LogP contribution is -2.57. The van der Waals surface area contributed by atoms with E-state index in [-0.39, 0.29) is 13.0 Å². The summed E-state index contributed by atoms with van der Waals surface area (Å²) in [6, 6.07) is 6.49. The lowest BCUT2D eigenvalue weighted by Gasteiger charge is -2.42. The smallest absolute Gasteiger partial charge is 0.369 e. The zero-order chi connectivity index (χ0) is 14.0. The molecule has 1 aliphatic heterocycles. The fraction of sp³-hybridized carbons (Fsp3) is 0.462. The number of nitrogens with zero attached hydrogens (tertiary/aromatic N) is 1. The van der Waals surface area contributed by atoms with E-state index >= 15 is 0 Å². The number of hydrogen-bond acceptors (Lipinski definition) is 2. The van der Waals surface area contributed by atoms with Gasteiger partial charge in [0.25, 0.3) is 0 Å². The molecule has 0 bridgehead atoms. The van der Waals surface area contributed by atoms with Crippen LogP contribution in [0.3, 0.4) is 0 Å². The minimum atomic E-state index is -4.48. The van der Waals surface area contributed by atoms with Crippen LogP contribution in [-0.4, -0.2) is 24.7 Å². The second-order valence-electron chi connectivity index (χ2n) is 4.67. The number of halogens is 3. The summed E-state index contributed by atoms with van der Waals surface area (Å²) >= 11 is 0. The molecule has 0 aliphatic carbocycles. The van der Waals surface area contributed by atoms with Gasteiger partial charge in [0.15, 0.2) is 0 Å². The predicted octanol–water partition coefficient (Wildman–Crippen LogP) is 2.32. The van der Waals surface area contributed by atoms with Crippen molar-refractivity contribution in [2.45, 2.75) is 25.1 Å². The van der Waals surface area contributed by atoms with Crippen LogP contribution in [0.15, 0.2) is 30.3 Å². The van der Waals surface area contributed by atoms with Crippen LogP contribution < -0.4 is 10.6 Å². The van der Waals surface area contributed by atoms with E-state index in [0.717, 1.165) is 0 Å². The van der Waals surface area contributed by atoms with Gasteiger partial charge in [0.2, 0.25) is 5.91 Å². The third kappa shape index (κ3) is 2.83. The number of rotatable bonds is 2. The van der Waals surface area contributed by atoms with Crippen molar-refractivity contribution in [3.8, 4) is 0 Å². The van der Waals surface area contributed by atoms with E-state index in [9.17, 15) is 18.0 Å². The molecule has 1 amide bonds. The molecule has 6 heteroatoms. The highest BCUT2D eigenvalue weighted by atomic mass is 19.4. The van der Waals surface area contributed by atoms with Gasteiger partial charge in [-0.05, 0) is 25.0 Å². The number of carbonyl (C=O) groups excluding carboxylic acids is 1. The number of primary amides is 1. The van der Waals surface area contributed by atoms with Gasteiger partial charge in [-0.1, -0.05) is 18.2 Å². The number of carbonyl (C=O) groups is 1. The summed E-state index contributed by atoms with van der Waals surface area (Å²) in [5, 5.41) is 0. The Hall–Kier alpha value is -1.72. The van der Waals surface area contributed by atoms with Gasteiger partial charge in [-0.3, -0.25) is 4.79 Å². The molecule has 1 aromatic carbocycles. The van der Waals surface area contributed by atoms with Crippen LogP contribution >= 0.6 is 0 Å². The van der Waals surface area contributed by atoms with E-state index in [1.54, 1.807) is 30.3 Å². The molecular formula is C13H15F3N2O. The SMILES string of the molecule is NC(=O)C1CCCN(c2ccccc2)C1C(F)(F)F. The molecule has 2 N–H and O–H groups in total. The highest BCUT2D eigenvalue weighted by molar-refractivity contribution is 5.78. The molecule has 3 nitrogen and oxygen atoms in total. The molecular weight excluding hydrogens is 257 g/mol. The average Bonchev–Trinajstić information content (AvgIpc) is 2.38. The van der Waals surface area contributed by atoms with Gasteiger partial charge in [-0.25, -0.2) is 0 Å². The Bertz CT molecular complexity index is 447. The Kier molecular flexibility index (Phi) is 3.68. The molecule has 1 aromatic rings. The van der Waals surface area contributed by atoms with Crippen LogP contribution in [-0.2, 0) is 4.79 Å². The number of amides is 1. The third-order valence-electron chi connectivity index (χ3n) is 3.42. The minimum absolute atomic E-state index is 0.183. The maximum atomic E-state index is 13.2. The zero-order valence-electron chi connectivity index (χ0n) is 10.2. The fourth-order valence-corrected chi connectivity index (χ4v) is 2.61. The molecule has 2 atom stereocenters. The Morgan fingerprint density at radius 2 is 1.89 bits per heavy atom. The fourth-order valence-electron chi connectivity index (χ4n) is 2.61. The lowest BCUT2D eigenvalue weighted by molar-refractivity contribution is -0.169. The second kappa shape index (κ2) is 5.11. The summed E-state index contributed by atoms with van der Waals surface area (Å²) in [5.41, 5.74) is 5.60. The number of hydrogen-bond donors (Lipinski definition) is 1. The topological polar surface area (TPSA) is 46.3 Å². The summed E-state index contributed by atoms with van der Waals surface area (Å²) in [7, 11) is 0. The van der Waals surface area contributed by atoms with Crippen molar-refractivity contribution >= 4 is 11.6 Å². The minimum Gasteiger partial charge on any atom is -0.369 e. The molecule has 1 aliphatic rings. The predicted molar refractivity (Wildman–Crippen MR) is 65.5 cm³/mol. The molecule has 0 radical (unpaired) electrons. The number of anilines is 1. The van der Waals surface area contributed by atoms with E-state index in [1.165, 1.54) is 4.90 Å². The van der Waals surface area contributed by atoms with Crippen molar-refractivity contribution in [3.05, 3.63) is 30.3 Å². The zero-order valence-corrected chi connectivity index (χ0v) is 10.2. The van der Waals surface area contributed by atoms with Gasteiger partial charge < -0.3 is 10.6 Å². The first-order valence-electron chi connectivity index (χ1n) is 6.09. The number of para-hydroxylation sites is 1. The van der Waals surface area contributed by atoms with Crippen molar-refractivity contribution in [2.24, 2.45) is 11.7 Å². The maximum Gasteiger partial charge on any atom is 0.409 e. The summed E-state index contributed by atoms with van der Waals surface area (Å²) in [6.45, 7) is 0.276. The number of nitrogens with two attached hydrogens (primary N) is 1. The standard InChI is InChI=1S/C13H15F3N2O/c14-13(15,16)11-10(12(17)19)7-4-8-18(11)9-5-2-1-3-6-9/h1-3,5-6,10-11H,4,7-8H2,(H2,17,19). The monoisotopic (exact) mass is 272 g/mol. The van der Waals surface area contributed by atoms with E-state index in [1.807, 2.05) is 0 Å². The Morgan fingerprint density at radius 3 is 2.42 bits per heavy atom. The van der Waals surface area contributed by atoms with Gasteiger partial charge in [0.1, 0.15) is 6.04 Å². The second-order valence-corrected chi connectivity index (χ2v) is 4.67. The Morgan fingerprint density at radius 1 is 1.26 bits per heavy atom. The molecule has 0 spiro atoms. The van der Waals surface area contributed by atoms with Crippen LogP contribution in [0, 0.1) is 5.92 Å². The van der Waals surface area contributed by atoms with Gasteiger partial charge >= 0.3 is 6.18 Å². The first-order valence-corrected chi connectivity index (χ1v) is 6.09. The molecule has 19 heavy (non-hydrogen) atoms. The Labute approximate surface area is 109 Å². The normalized spacial score (nSPS) is 24.3. The van der Waals surface area contributed by atoms with Crippen molar-refractivity contribution < 1.29 is 18.0 Å². The molecule has 1 saturated heterocycles. The first-order chi connectivity index (χ1) is 8.91.